The van der Waals surface area contributed by atoms with E-state index in [1.165, 1.54) is 43.1 Å². The first-order valence-electron chi connectivity index (χ1n) is 23.8. The molecule has 0 unspecified atom stereocenters. The maximum absolute atomic E-state index is 5.67. The molecular weight excluding hydrogens is 849 g/mol. The molecule has 0 bridgehead atoms. The van der Waals surface area contributed by atoms with Gasteiger partial charge in [-0.05, 0) is 131 Å². The third-order valence-corrected chi connectivity index (χ3v) is 14.2. The third kappa shape index (κ3) is 6.53. The van der Waals surface area contributed by atoms with Gasteiger partial charge in [0.15, 0.2) is 5.82 Å². The lowest BCUT2D eigenvalue weighted by molar-refractivity contribution is 1.23. The van der Waals surface area contributed by atoms with Crippen molar-refractivity contribution in [1.82, 2.24) is 19.9 Å². The minimum Gasteiger partial charge on any atom is -0.256 e. The van der Waals surface area contributed by atoms with E-state index in [1.54, 1.807) is 0 Å². The zero-order chi connectivity index (χ0) is 46.1. The molecule has 0 aliphatic heterocycles. The van der Waals surface area contributed by atoms with Gasteiger partial charge >= 0.3 is 0 Å². The molecule has 0 aliphatic rings. The predicted molar refractivity (Wildman–Crippen MR) is 293 cm³/mol. The Morgan fingerprint density at radius 1 is 0.243 bits per heavy atom. The highest BCUT2D eigenvalue weighted by molar-refractivity contribution is 6.19. The molecule has 0 saturated carbocycles. The van der Waals surface area contributed by atoms with Crippen LogP contribution in [0.2, 0.25) is 0 Å². The number of hydrogen-bond acceptors (Lipinski definition) is 4. The Labute approximate surface area is 403 Å². The summed E-state index contributed by atoms with van der Waals surface area (Å²) in [6.07, 6.45) is 3.79. The number of hydrogen-bond donors (Lipinski definition) is 0. The fourth-order valence-corrected chi connectivity index (χ4v) is 10.8. The first-order chi connectivity index (χ1) is 34.7. The van der Waals surface area contributed by atoms with E-state index in [4.69, 9.17) is 9.97 Å². The smallest absolute Gasteiger partial charge is 0.160 e. The molecule has 3 heterocycles. The van der Waals surface area contributed by atoms with Crippen molar-refractivity contribution in [3.05, 3.63) is 243 Å². The maximum Gasteiger partial charge on any atom is 0.160 e. The highest BCUT2D eigenvalue weighted by Gasteiger charge is 2.21. The van der Waals surface area contributed by atoms with Crippen molar-refractivity contribution in [3.63, 3.8) is 0 Å². The quantitative estimate of drug-likeness (QED) is 0.156. The molecule has 0 saturated heterocycles. The lowest BCUT2D eigenvalue weighted by Gasteiger charge is -2.19. The number of benzene rings is 11. The van der Waals surface area contributed by atoms with E-state index in [9.17, 15) is 0 Å². The summed E-state index contributed by atoms with van der Waals surface area (Å²) in [5, 5.41) is 12.9. The summed E-state index contributed by atoms with van der Waals surface area (Å²) in [4.78, 5) is 20.6. The molecule has 0 fully saturated rings. The SMILES string of the molecule is c1ccc2c(c1)cc(-c1cc(-c3cc4ccccc4c4ccccc34)c3nc(-c4ccc(-c5ccnc6ccccc56)cc4)nc(-c4ccc(-c5ccnc6ccccc56)cc4)c3c1)c1ccccc12. The van der Waals surface area contributed by atoms with Gasteiger partial charge < -0.3 is 0 Å². The molecule has 0 N–H and O–H groups in total. The van der Waals surface area contributed by atoms with Gasteiger partial charge in [-0.15, -0.1) is 0 Å². The number of rotatable bonds is 6. The van der Waals surface area contributed by atoms with Crippen LogP contribution in [0.25, 0.3) is 143 Å². The Hall–Kier alpha value is -9.38. The van der Waals surface area contributed by atoms with Crippen LogP contribution < -0.4 is 0 Å². The molecule has 0 spiro atoms. The summed E-state index contributed by atoms with van der Waals surface area (Å²) >= 11 is 0. The molecule has 70 heavy (non-hydrogen) atoms. The van der Waals surface area contributed by atoms with Crippen LogP contribution in [0.4, 0.5) is 0 Å². The van der Waals surface area contributed by atoms with E-state index in [-0.39, 0.29) is 0 Å². The topological polar surface area (TPSA) is 51.6 Å². The molecule has 11 aromatic carbocycles. The fraction of sp³-hybridized carbons (Fsp3) is 0. The van der Waals surface area contributed by atoms with Crippen LogP contribution in [-0.2, 0) is 0 Å². The Balaban J connectivity index is 1.06. The van der Waals surface area contributed by atoms with E-state index in [0.717, 1.165) is 94.0 Å². The highest BCUT2D eigenvalue weighted by Crippen LogP contribution is 2.45. The zero-order valence-electron chi connectivity index (χ0n) is 37.9. The summed E-state index contributed by atoms with van der Waals surface area (Å²) < 4.78 is 0. The van der Waals surface area contributed by atoms with Crippen molar-refractivity contribution >= 4 is 75.8 Å². The van der Waals surface area contributed by atoms with Crippen molar-refractivity contribution in [2.75, 3.05) is 0 Å². The molecule has 0 amide bonds. The zero-order valence-corrected chi connectivity index (χ0v) is 37.9. The highest BCUT2D eigenvalue weighted by atomic mass is 14.9. The van der Waals surface area contributed by atoms with Gasteiger partial charge in [-0.3, -0.25) is 9.97 Å². The monoisotopic (exact) mass is 888 g/mol. The lowest BCUT2D eigenvalue weighted by Crippen LogP contribution is -1.99. The second kappa shape index (κ2) is 16.2. The standard InChI is InChI=1S/C66H40N4/c1-3-15-48-45(13-1)37-58(54-19-7-5-17-52(48)54)47-39-60(59-38-46-14-2-4-16-49(46)53-18-6-8-20-55(53)59)65-61(40-47)64(43-29-25-41(26-30-43)50-33-35-67-62-23-11-9-21-56(50)62)69-66(70-65)44-31-27-42(28-32-44)51-34-36-68-63-24-12-10-22-57(51)63/h1-40H. The van der Waals surface area contributed by atoms with E-state index < -0.39 is 0 Å². The van der Waals surface area contributed by atoms with E-state index >= 15 is 0 Å². The number of nitrogens with zero attached hydrogens (tertiary/aromatic N) is 4. The van der Waals surface area contributed by atoms with Crippen LogP contribution in [0.1, 0.15) is 0 Å². The Morgan fingerprint density at radius 2 is 0.686 bits per heavy atom. The number of para-hydroxylation sites is 2. The second-order valence-electron chi connectivity index (χ2n) is 18.1. The molecule has 0 atom stereocenters. The molecule has 14 rings (SSSR count). The third-order valence-electron chi connectivity index (χ3n) is 14.2. The summed E-state index contributed by atoms with van der Waals surface area (Å²) in [5.74, 6) is 0.660. The van der Waals surface area contributed by atoms with Crippen molar-refractivity contribution in [2.45, 2.75) is 0 Å². The number of aromatic nitrogens is 4. The summed E-state index contributed by atoms with van der Waals surface area (Å²) in [6, 6.07) is 82.9. The summed E-state index contributed by atoms with van der Waals surface area (Å²) in [6.45, 7) is 0. The number of fused-ring (bicyclic) bond motifs is 9. The average molecular weight is 889 g/mol. The van der Waals surface area contributed by atoms with Crippen molar-refractivity contribution in [2.24, 2.45) is 0 Å². The van der Waals surface area contributed by atoms with Crippen LogP contribution in [-0.4, -0.2) is 19.9 Å². The van der Waals surface area contributed by atoms with Gasteiger partial charge in [-0.25, -0.2) is 9.97 Å². The van der Waals surface area contributed by atoms with Crippen LogP contribution >= 0.6 is 0 Å². The van der Waals surface area contributed by atoms with E-state index in [1.807, 2.05) is 24.5 Å². The van der Waals surface area contributed by atoms with Gasteiger partial charge in [-0.1, -0.05) is 182 Å². The van der Waals surface area contributed by atoms with Crippen LogP contribution in [0.15, 0.2) is 243 Å². The largest absolute Gasteiger partial charge is 0.256 e. The average Bonchev–Trinajstić information content (AvgIpc) is 3.44. The summed E-state index contributed by atoms with van der Waals surface area (Å²) in [5.41, 5.74) is 14.6. The number of pyridine rings is 2. The van der Waals surface area contributed by atoms with Crippen molar-refractivity contribution < 1.29 is 0 Å². The van der Waals surface area contributed by atoms with Crippen LogP contribution in [0.5, 0.6) is 0 Å². The first-order valence-corrected chi connectivity index (χ1v) is 23.8. The lowest BCUT2D eigenvalue weighted by atomic mass is 9.87. The van der Waals surface area contributed by atoms with Gasteiger partial charge in [0.2, 0.25) is 0 Å². The van der Waals surface area contributed by atoms with Gasteiger partial charge in [0, 0.05) is 45.2 Å². The Kier molecular flexibility index (Phi) is 9.17. The molecule has 14 aromatic rings. The van der Waals surface area contributed by atoms with Gasteiger partial charge in [-0.2, -0.15) is 0 Å². The van der Waals surface area contributed by atoms with Gasteiger partial charge in [0.1, 0.15) is 0 Å². The summed E-state index contributed by atoms with van der Waals surface area (Å²) in [7, 11) is 0. The molecular formula is C66H40N4. The van der Waals surface area contributed by atoms with Crippen LogP contribution in [0, 0.1) is 0 Å². The van der Waals surface area contributed by atoms with Crippen LogP contribution in [0.3, 0.4) is 0 Å². The first kappa shape index (κ1) is 39.8. The Morgan fingerprint density at radius 3 is 1.26 bits per heavy atom. The maximum atomic E-state index is 5.67. The second-order valence-corrected chi connectivity index (χ2v) is 18.1. The molecule has 324 valence electrons. The minimum absolute atomic E-state index is 0.660. The van der Waals surface area contributed by atoms with Crippen molar-refractivity contribution in [1.29, 1.82) is 0 Å². The predicted octanol–water partition coefficient (Wildman–Crippen LogP) is 17.3. The van der Waals surface area contributed by atoms with Gasteiger partial charge in [0.25, 0.3) is 0 Å². The fourth-order valence-electron chi connectivity index (χ4n) is 10.8. The molecule has 0 radical (unpaired) electrons. The molecule has 3 aromatic heterocycles. The van der Waals surface area contributed by atoms with Gasteiger partial charge in [0.05, 0.1) is 22.2 Å². The Bertz CT molecular complexity index is 4390. The minimum atomic E-state index is 0.660. The molecule has 4 nitrogen and oxygen atoms in total. The molecule has 4 heteroatoms. The van der Waals surface area contributed by atoms with Crippen molar-refractivity contribution in [3.8, 4) is 67.2 Å². The normalized spacial score (nSPS) is 11.7. The molecule has 0 aliphatic carbocycles. The van der Waals surface area contributed by atoms with E-state index in [0.29, 0.717) is 5.82 Å². The van der Waals surface area contributed by atoms with E-state index in [2.05, 4.69) is 228 Å².